The van der Waals surface area contributed by atoms with Crippen LogP contribution >= 0.6 is 15.2 Å². The lowest BCUT2D eigenvalue weighted by Crippen LogP contribution is -2.28. The van der Waals surface area contributed by atoms with Gasteiger partial charge in [0.15, 0.2) is 0 Å². The van der Waals surface area contributed by atoms with Crippen LogP contribution in [-0.4, -0.2) is 42.3 Å². The molecule has 8 aromatic rings. The summed E-state index contributed by atoms with van der Waals surface area (Å²) in [6, 6.07) is 46.0. The maximum atomic E-state index is 15.0. The van der Waals surface area contributed by atoms with E-state index >= 15 is 4.57 Å². The molecule has 0 saturated carbocycles. The smallest absolute Gasteiger partial charge is 0.354 e. The molecule has 0 radical (unpaired) electrons. The maximum absolute atomic E-state index is 15.0. The first-order chi connectivity index (χ1) is 35.4. The molecule has 0 aliphatic carbocycles. The van der Waals surface area contributed by atoms with Crippen molar-refractivity contribution in [1.29, 1.82) is 0 Å². The molecule has 5 heterocycles. The highest BCUT2D eigenvalue weighted by Gasteiger charge is 2.39. The second-order valence-corrected chi connectivity index (χ2v) is 27.9. The first-order valence-electron chi connectivity index (χ1n) is 26.1. The van der Waals surface area contributed by atoms with Crippen molar-refractivity contribution in [3.05, 3.63) is 222 Å². The second kappa shape index (κ2) is 20.0. The fourth-order valence-corrected chi connectivity index (χ4v) is 14.6. The Morgan fingerprint density at radius 1 is 0.329 bits per heavy atom. The molecule has 0 amide bonds. The molecule has 8 bridgehead atoms. The van der Waals surface area contributed by atoms with Crippen molar-refractivity contribution in [3.63, 3.8) is 0 Å². The summed E-state index contributed by atoms with van der Waals surface area (Å²) in [6.07, 6.45) is 0. The first-order valence-corrected chi connectivity index (χ1v) is 29.2. The average Bonchev–Trinajstić information content (AvgIpc) is 4.15. The summed E-state index contributed by atoms with van der Waals surface area (Å²) in [7, 11) is -7.59. The predicted molar refractivity (Wildman–Crippen MR) is 311 cm³/mol. The number of fused-ring (bicyclic) bond motifs is 8. The Morgan fingerprint density at radius 2 is 0.605 bits per heavy atom. The summed E-state index contributed by atoms with van der Waals surface area (Å²) in [6.45, 7) is 31.1. The number of nitrogens with one attached hydrogen (secondary N) is 4. The molecule has 9 rings (SSSR count). The van der Waals surface area contributed by atoms with Gasteiger partial charge in [-0.05, 0) is 217 Å². The topological polar surface area (TPSA) is 134 Å². The average molecular weight is 1060 g/mol. The van der Waals surface area contributed by atoms with Crippen molar-refractivity contribution in [2.24, 2.45) is 0 Å². The van der Waals surface area contributed by atoms with Gasteiger partial charge >= 0.3 is 15.2 Å². The Kier molecular flexibility index (Phi) is 14.3. The van der Waals surface area contributed by atoms with Crippen molar-refractivity contribution in [2.75, 3.05) is 0 Å². The van der Waals surface area contributed by atoms with Gasteiger partial charge in [0.2, 0.25) is 0 Å². The lowest BCUT2D eigenvalue weighted by atomic mass is 9.93. The minimum absolute atomic E-state index is 0.478. The Morgan fingerprint density at radius 3 is 0.921 bits per heavy atom. The van der Waals surface area contributed by atoms with Crippen LogP contribution in [0.4, 0.5) is 0 Å². The highest BCUT2D eigenvalue weighted by atomic mass is 31.2. The van der Waals surface area contributed by atoms with Crippen molar-refractivity contribution in [2.45, 2.75) is 133 Å². The first kappa shape index (κ1) is 54.6. The molecule has 4 aromatic carbocycles. The quantitative estimate of drug-likeness (QED) is 0.101. The molecule has 0 fully saturated rings. The lowest BCUT2D eigenvalue weighted by molar-refractivity contribution is 0.0533. The zero-order valence-corrected chi connectivity index (χ0v) is 48.8. The van der Waals surface area contributed by atoms with E-state index in [0.717, 1.165) is 111 Å². The lowest BCUT2D eigenvalue weighted by Gasteiger charge is -2.32. The van der Waals surface area contributed by atoms with Gasteiger partial charge in [0.05, 0.1) is 33.0 Å². The van der Waals surface area contributed by atoms with Crippen LogP contribution < -0.4 is 32.0 Å². The highest BCUT2D eigenvalue weighted by Crippen LogP contribution is 2.55. The Balaban J connectivity index is 1.35. The van der Waals surface area contributed by atoms with Crippen LogP contribution in [0.1, 0.15) is 150 Å². The largest absolute Gasteiger partial charge is 0.362 e. The third-order valence-corrected chi connectivity index (χ3v) is 17.7. The Bertz CT molecular complexity index is 3780. The number of benzene rings is 4. The van der Waals surface area contributed by atoms with Gasteiger partial charge in [0, 0.05) is 66.5 Å². The molecule has 4 aromatic heterocycles. The number of aromatic amines is 4. The number of H-pyrrole nitrogens is 4. The normalized spacial score (nSPS) is 14.0. The summed E-state index contributed by atoms with van der Waals surface area (Å²) < 4.78 is 55.1. The zero-order valence-electron chi connectivity index (χ0n) is 47.0. The zero-order chi connectivity index (χ0) is 54.9. The van der Waals surface area contributed by atoms with Crippen LogP contribution in [-0.2, 0) is 27.2 Å². The standard InChI is InChI=1S/C64H74N4O6P2/c1-39-17-21-43(22-18-39)57-48-29-31-50(65-48)59(45-25-27-46(28-26-45)75(69,71-61(5,6)7)72-62(8,9)10)51-32-30-49(66-51)58(44-23-19-40(2)20-24-44)53-34-36-55(68-53)60(54-35-33-52(57)67-54)56-41(3)37-47(38-42(56)4)76(70,73-63(11,12)13)74-64(14,15)16/h17-38,65-68H,1-16H3. The monoisotopic (exact) mass is 1060 g/mol. The van der Waals surface area contributed by atoms with Gasteiger partial charge in [0.1, 0.15) is 0 Å². The van der Waals surface area contributed by atoms with Crippen LogP contribution in [0.2, 0.25) is 0 Å². The predicted octanol–water partition coefficient (Wildman–Crippen LogP) is 12.4. The minimum Gasteiger partial charge on any atom is -0.354 e. The van der Waals surface area contributed by atoms with E-state index in [1.54, 1.807) is 0 Å². The molecule has 12 heteroatoms. The minimum atomic E-state index is -3.82. The Hall–Kier alpha value is -6.22. The molecule has 10 nitrogen and oxygen atoms in total. The molecule has 76 heavy (non-hydrogen) atoms. The van der Waals surface area contributed by atoms with Gasteiger partial charge in [-0.2, -0.15) is 0 Å². The Labute approximate surface area is 448 Å². The van der Waals surface area contributed by atoms with Crippen molar-refractivity contribution >= 4 is 48.1 Å². The van der Waals surface area contributed by atoms with Crippen LogP contribution in [0.3, 0.4) is 0 Å². The second-order valence-electron chi connectivity index (χ2n) is 24.2. The molecule has 0 saturated heterocycles. The molecule has 4 N–H and O–H groups in total. The summed E-state index contributed by atoms with van der Waals surface area (Å²) in [5.41, 5.74) is 12.6. The van der Waals surface area contributed by atoms with E-state index < -0.39 is 37.6 Å². The van der Waals surface area contributed by atoms with Gasteiger partial charge in [-0.1, -0.05) is 71.8 Å². The van der Waals surface area contributed by atoms with Crippen LogP contribution in [0.25, 0.3) is 22.3 Å². The molecule has 1 aliphatic heterocycles. The highest BCUT2D eigenvalue weighted by molar-refractivity contribution is 7.62. The molecular formula is C64H74N4O6P2. The summed E-state index contributed by atoms with van der Waals surface area (Å²) in [5.74, 6) is 0. The van der Waals surface area contributed by atoms with E-state index in [2.05, 4.69) is 145 Å². The van der Waals surface area contributed by atoms with Gasteiger partial charge in [-0.15, -0.1) is 0 Å². The fraction of sp³-hybridized carbons (Fsp3) is 0.312. The third kappa shape index (κ3) is 11.8. The molecule has 0 unspecified atom stereocenters. The fourth-order valence-electron chi connectivity index (χ4n) is 9.96. The maximum Gasteiger partial charge on any atom is 0.362 e. The number of aryl methyl sites for hydroxylation is 4. The number of hydrogen-bond acceptors (Lipinski definition) is 6. The van der Waals surface area contributed by atoms with E-state index in [-0.39, 0.29) is 0 Å². The number of aromatic nitrogens is 4. The SMILES string of the molecule is Cc1ccc(C2=c3ccc([nH]3)=C(c3ccc(P(=O)(OC(C)(C)C)OC(C)(C)C)cc3)c3ccc([nH]3)C(c3ccc(C)cc3)=c3ccc([nH]3)=C(c3c(C)cc(P(=O)(OC(C)(C)C)OC(C)(C)C)cc3C)c3ccc2[nH]3)cc1. The van der Waals surface area contributed by atoms with Crippen molar-refractivity contribution < 1.29 is 27.2 Å². The molecule has 0 spiro atoms. The van der Waals surface area contributed by atoms with Crippen LogP contribution in [0.15, 0.2) is 133 Å². The molecule has 1 aliphatic rings. The summed E-state index contributed by atoms with van der Waals surface area (Å²) in [5, 5.41) is 4.57. The molecular weight excluding hydrogens is 983 g/mol. The van der Waals surface area contributed by atoms with E-state index in [1.165, 1.54) is 0 Å². The summed E-state index contributed by atoms with van der Waals surface area (Å²) in [4.78, 5) is 15.6. The number of rotatable bonds is 10. The van der Waals surface area contributed by atoms with Crippen molar-refractivity contribution in [1.82, 2.24) is 19.9 Å². The van der Waals surface area contributed by atoms with E-state index in [1.807, 2.05) is 119 Å². The van der Waals surface area contributed by atoms with Gasteiger partial charge in [0.25, 0.3) is 0 Å². The van der Waals surface area contributed by atoms with Gasteiger partial charge < -0.3 is 19.9 Å². The van der Waals surface area contributed by atoms with Crippen LogP contribution in [0.5, 0.6) is 0 Å². The van der Waals surface area contributed by atoms with Gasteiger partial charge in [-0.3, -0.25) is 27.2 Å². The van der Waals surface area contributed by atoms with Gasteiger partial charge in [-0.25, -0.2) is 0 Å². The summed E-state index contributed by atoms with van der Waals surface area (Å²) >= 11 is 0. The number of hydrogen-bond donors (Lipinski definition) is 4. The molecule has 396 valence electrons. The van der Waals surface area contributed by atoms with E-state index in [4.69, 9.17) is 18.1 Å². The third-order valence-electron chi connectivity index (χ3n) is 12.7. The van der Waals surface area contributed by atoms with E-state index in [0.29, 0.717) is 10.6 Å². The van der Waals surface area contributed by atoms with E-state index in [9.17, 15) is 4.57 Å². The van der Waals surface area contributed by atoms with Crippen LogP contribution in [0, 0.1) is 27.7 Å². The molecule has 0 atom stereocenters. The van der Waals surface area contributed by atoms with Crippen molar-refractivity contribution in [3.8, 4) is 0 Å².